The van der Waals surface area contributed by atoms with E-state index in [0.29, 0.717) is 18.7 Å². The summed E-state index contributed by atoms with van der Waals surface area (Å²) in [5, 5.41) is 16.5. The van der Waals surface area contributed by atoms with Crippen molar-refractivity contribution in [2.75, 3.05) is 0 Å². The van der Waals surface area contributed by atoms with Gasteiger partial charge in [-0.05, 0) is 50.0 Å². The van der Waals surface area contributed by atoms with E-state index in [0.717, 1.165) is 18.0 Å². The minimum absolute atomic E-state index is 0.0174. The smallest absolute Gasteiger partial charge is 0.162 e. The van der Waals surface area contributed by atoms with Crippen LogP contribution in [0.5, 0.6) is 0 Å². The lowest BCUT2D eigenvalue weighted by Crippen LogP contribution is -2.49. The Morgan fingerprint density at radius 2 is 2.04 bits per heavy atom. The highest BCUT2D eigenvalue weighted by atomic mass is 16.3. The van der Waals surface area contributed by atoms with Crippen molar-refractivity contribution < 1.29 is 5.11 Å². The van der Waals surface area contributed by atoms with E-state index in [1.165, 1.54) is 28.0 Å². The molecule has 4 rings (SSSR count). The molecular formula is C22H26N4O. The topological polar surface area (TPSA) is 59.9 Å². The van der Waals surface area contributed by atoms with E-state index in [9.17, 15) is 5.11 Å². The molecule has 1 aromatic carbocycles. The summed E-state index contributed by atoms with van der Waals surface area (Å²) in [6.45, 7) is 7.00. The molecule has 0 spiro atoms. The first-order valence-electron chi connectivity index (χ1n) is 9.41. The Bertz CT molecular complexity index is 920. The molecule has 140 valence electrons. The van der Waals surface area contributed by atoms with Gasteiger partial charge in [0, 0.05) is 24.5 Å². The van der Waals surface area contributed by atoms with Gasteiger partial charge in [0.15, 0.2) is 6.17 Å². The summed E-state index contributed by atoms with van der Waals surface area (Å²) < 4.78 is 0. The number of benzene rings is 1. The van der Waals surface area contributed by atoms with Crippen LogP contribution in [-0.4, -0.2) is 22.0 Å². The summed E-state index contributed by atoms with van der Waals surface area (Å²) >= 11 is 0. The number of hydrogen-bond donors (Lipinski definition) is 3. The predicted octanol–water partition coefficient (Wildman–Crippen LogP) is 3.90. The van der Waals surface area contributed by atoms with Crippen LogP contribution >= 0.6 is 0 Å². The van der Waals surface area contributed by atoms with Gasteiger partial charge >= 0.3 is 0 Å². The van der Waals surface area contributed by atoms with Crippen molar-refractivity contribution in [3.63, 3.8) is 0 Å². The average Bonchev–Trinajstić information content (AvgIpc) is 2.98. The predicted molar refractivity (Wildman–Crippen MR) is 109 cm³/mol. The van der Waals surface area contributed by atoms with E-state index in [1.54, 1.807) is 6.08 Å². The van der Waals surface area contributed by atoms with Crippen LogP contribution in [0.3, 0.4) is 0 Å². The van der Waals surface area contributed by atoms with Gasteiger partial charge in [0.05, 0.1) is 18.0 Å². The Morgan fingerprint density at radius 1 is 1.19 bits per heavy atom. The lowest BCUT2D eigenvalue weighted by molar-refractivity contribution is 0.380. The van der Waals surface area contributed by atoms with Crippen LogP contribution in [0.4, 0.5) is 0 Å². The number of allylic oxidation sites excluding steroid dienone is 5. The van der Waals surface area contributed by atoms with Crippen LogP contribution in [0.1, 0.15) is 36.5 Å². The molecule has 0 aromatic heterocycles. The molecule has 27 heavy (non-hydrogen) atoms. The second-order valence-corrected chi connectivity index (χ2v) is 7.37. The van der Waals surface area contributed by atoms with Gasteiger partial charge in [0.25, 0.3) is 0 Å². The molecular weight excluding hydrogens is 336 g/mol. The van der Waals surface area contributed by atoms with Crippen molar-refractivity contribution in [2.24, 2.45) is 4.99 Å². The molecule has 0 saturated heterocycles. The molecule has 0 fully saturated rings. The first-order valence-corrected chi connectivity index (χ1v) is 9.41. The molecule has 3 aliphatic rings. The fraction of sp³-hybridized carbons (Fsp3) is 0.318. The monoisotopic (exact) mass is 362 g/mol. The first-order chi connectivity index (χ1) is 13.0. The maximum Gasteiger partial charge on any atom is 0.162 e. The van der Waals surface area contributed by atoms with Gasteiger partial charge < -0.3 is 20.6 Å². The summed E-state index contributed by atoms with van der Waals surface area (Å²) in [6, 6.07) is 6.50. The number of aliphatic hydroxyl groups is 1. The normalized spacial score (nSPS) is 23.0. The van der Waals surface area contributed by atoms with Gasteiger partial charge in [-0.1, -0.05) is 29.8 Å². The van der Waals surface area contributed by atoms with Crippen molar-refractivity contribution >= 4 is 5.84 Å². The van der Waals surface area contributed by atoms with Crippen LogP contribution in [0.25, 0.3) is 0 Å². The molecule has 0 bridgehead atoms. The van der Waals surface area contributed by atoms with Gasteiger partial charge in [0.2, 0.25) is 0 Å². The molecule has 0 saturated carbocycles. The number of rotatable bonds is 3. The van der Waals surface area contributed by atoms with Crippen LogP contribution in [0, 0.1) is 13.8 Å². The number of hydrogen-bond acceptors (Lipinski definition) is 4. The number of amidine groups is 1. The minimum atomic E-state index is -0.0174. The number of nitrogens with zero attached hydrogens (tertiary/aromatic N) is 2. The summed E-state index contributed by atoms with van der Waals surface area (Å²) in [5.41, 5.74) is 7.34. The first kappa shape index (κ1) is 17.5. The Balaban J connectivity index is 1.57. The Labute approximate surface area is 160 Å². The molecule has 2 aliphatic heterocycles. The SMILES string of the molecule is CC1=C(C2=CC=C(O)CC2)N2C=CNC(=NCc3ccc(C)cc3C)C2N1. The Morgan fingerprint density at radius 3 is 2.78 bits per heavy atom. The van der Waals surface area contributed by atoms with Gasteiger partial charge in [-0.3, -0.25) is 4.99 Å². The summed E-state index contributed by atoms with van der Waals surface area (Å²) in [7, 11) is 0. The van der Waals surface area contributed by atoms with Gasteiger partial charge in [0.1, 0.15) is 5.84 Å². The summed E-state index contributed by atoms with van der Waals surface area (Å²) in [4.78, 5) is 7.10. The van der Waals surface area contributed by atoms with Crippen LogP contribution in [-0.2, 0) is 6.54 Å². The molecule has 0 amide bonds. The van der Waals surface area contributed by atoms with Gasteiger partial charge in [-0.2, -0.15) is 0 Å². The molecule has 0 radical (unpaired) electrons. The van der Waals surface area contributed by atoms with Gasteiger partial charge in [-0.25, -0.2) is 0 Å². The highest BCUT2D eigenvalue weighted by Gasteiger charge is 2.35. The van der Waals surface area contributed by atoms with Crippen molar-refractivity contribution in [3.8, 4) is 0 Å². The molecule has 5 heteroatoms. The summed E-state index contributed by atoms with van der Waals surface area (Å²) in [6.07, 6.45) is 9.33. The van der Waals surface area contributed by atoms with Crippen molar-refractivity contribution in [2.45, 2.75) is 46.3 Å². The molecule has 1 aliphatic carbocycles. The molecule has 3 N–H and O–H groups in total. The zero-order chi connectivity index (χ0) is 19.0. The highest BCUT2D eigenvalue weighted by molar-refractivity contribution is 5.90. The van der Waals surface area contributed by atoms with Crippen molar-refractivity contribution in [1.82, 2.24) is 15.5 Å². The van der Waals surface area contributed by atoms with E-state index < -0.39 is 0 Å². The molecule has 1 aromatic rings. The number of aliphatic imine (C=N–C) groups is 1. The summed E-state index contributed by atoms with van der Waals surface area (Å²) in [5.74, 6) is 1.37. The number of aryl methyl sites for hydroxylation is 2. The zero-order valence-electron chi connectivity index (χ0n) is 16.1. The minimum Gasteiger partial charge on any atom is -0.512 e. The van der Waals surface area contributed by atoms with Gasteiger partial charge in [-0.15, -0.1) is 0 Å². The van der Waals surface area contributed by atoms with E-state index in [4.69, 9.17) is 4.99 Å². The Hall–Kier alpha value is -2.95. The molecule has 2 heterocycles. The maximum atomic E-state index is 9.66. The molecule has 1 unspecified atom stereocenters. The quantitative estimate of drug-likeness (QED) is 0.763. The third-order valence-electron chi connectivity index (χ3n) is 5.32. The zero-order valence-corrected chi connectivity index (χ0v) is 16.1. The van der Waals surface area contributed by atoms with Crippen molar-refractivity contribution in [1.29, 1.82) is 0 Å². The molecule has 1 atom stereocenters. The maximum absolute atomic E-state index is 9.66. The standard InChI is InChI=1S/C22H26N4O/c1-14-4-5-18(15(2)12-14)13-24-21-22-25-16(3)20(26(22)11-10-23-21)17-6-8-19(27)9-7-17/h4-6,8,10-12,22,25,27H,7,9,13H2,1-3H3,(H,23,24). The number of nitrogens with one attached hydrogen (secondary N) is 2. The Kier molecular flexibility index (Phi) is 4.52. The average molecular weight is 362 g/mol. The fourth-order valence-electron chi connectivity index (χ4n) is 3.86. The highest BCUT2D eigenvalue weighted by Crippen LogP contribution is 2.33. The largest absolute Gasteiger partial charge is 0.512 e. The molecule has 5 nitrogen and oxygen atoms in total. The van der Waals surface area contributed by atoms with E-state index in [1.807, 2.05) is 12.3 Å². The van der Waals surface area contributed by atoms with Crippen molar-refractivity contribution in [3.05, 3.63) is 82.2 Å². The number of fused-ring (bicyclic) bond motifs is 1. The van der Waals surface area contributed by atoms with E-state index >= 15 is 0 Å². The third kappa shape index (κ3) is 3.37. The second-order valence-electron chi connectivity index (χ2n) is 7.37. The van der Waals surface area contributed by atoms with E-state index in [2.05, 4.69) is 60.7 Å². The second kappa shape index (κ2) is 6.99. The van der Waals surface area contributed by atoms with Crippen LogP contribution in [0.2, 0.25) is 0 Å². The third-order valence-corrected chi connectivity index (χ3v) is 5.32. The van der Waals surface area contributed by atoms with Crippen LogP contribution < -0.4 is 10.6 Å². The van der Waals surface area contributed by atoms with E-state index in [-0.39, 0.29) is 6.17 Å². The lowest BCUT2D eigenvalue weighted by Gasteiger charge is -2.31. The number of aliphatic hydroxyl groups excluding tert-OH is 1. The lowest BCUT2D eigenvalue weighted by atomic mass is 9.99. The fourth-order valence-corrected chi connectivity index (χ4v) is 3.86. The van der Waals surface area contributed by atoms with Crippen LogP contribution in [0.15, 0.2) is 70.5 Å².